The van der Waals surface area contributed by atoms with E-state index in [4.69, 9.17) is 0 Å². The molecule has 19 heavy (non-hydrogen) atoms. The van der Waals surface area contributed by atoms with Crippen molar-refractivity contribution in [2.45, 2.75) is 19.8 Å². The van der Waals surface area contributed by atoms with E-state index < -0.39 is 0 Å². The van der Waals surface area contributed by atoms with Gasteiger partial charge in [-0.25, -0.2) is 0 Å². The maximum absolute atomic E-state index is 11.7. The molecule has 2 atom stereocenters. The number of hydrogen-bond donors (Lipinski definition) is 2. The molecule has 1 saturated carbocycles. The first-order chi connectivity index (χ1) is 9.06. The second kappa shape index (κ2) is 6.19. The lowest BCUT2D eigenvalue weighted by Gasteiger charge is -2.06. The van der Waals surface area contributed by atoms with Gasteiger partial charge in [0, 0.05) is 29.0 Å². The van der Waals surface area contributed by atoms with Crippen LogP contribution >= 0.6 is 15.9 Å². The first-order valence-corrected chi connectivity index (χ1v) is 7.18. The highest BCUT2D eigenvalue weighted by Crippen LogP contribution is 2.37. The van der Waals surface area contributed by atoms with E-state index in [2.05, 4.69) is 33.5 Å². The second-order valence-corrected chi connectivity index (χ2v) is 5.83. The predicted octanol–water partition coefficient (Wildman–Crippen LogP) is 2.55. The van der Waals surface area contributed by atoms with Gasteiger partial charge in [0.25, 0.3) is 0 Å². The van der Waals surface area contributed by atoms with Crippen LogP contribution in [0.3, 0.4) is 0 Å². The van der Waals surface area contributed by atoms with Crippen LogP contribution in [-0.4, -0.2) is 18.4 Å². The number of rotatable bonds is 5. The lowest BCUT2D eigenvalue weighted by Crippen LogP contribution is -2.29. The van der Waals surface area contributed by atoms with E-state index in [0.29, 0.717) is 18.9 Å². The van der Waals surface area contributed by atoms with Crippen LogP contribution in [0.2, 0.25) is 0 Å². The first-order valence-electron chi connectivity index (χ1n) is 6.39. The molecular formula is C14H17BrN2O2. The Labute approximate surface area is 121 Å². The summed E-state index contributed by atoms with van der Waals surface area (Å²) in [5, 5.41) is 5.58. The van der Waals surface area contributed by atoms with Gasteiger partial charge in [-0.1, -0.05) is 28.9 Å². The van der Waals surface area contributed by atoms with Crippen LogP contribution in [0.5, 0.6) is 0 Å². The molecule has 1 aromatic carbocycles. The summed E-state index contributed by atoms with van der Waals surface area (Å²) in [5.41, 5.74) is 0.751. The molecule has 2 unspecified atom stereocenters. The molecule has 0 aliphatic heterocycles. The molecule has 1 aliphatic rings. The van der Waals surface area contributed by atoms with E-state index in [1.807, 2.05) is 24.3 Å². The minimum absolute atomic E-state index is 0.0720. The number of nitrogens with one attached hydrogen (secondary N) is 2. The molecule has 0 aromatic heterocycles. The zero-order valence-electron chi connectivity index (χ0n) is 10.8. The number of carbonyl (C=O) groups excluding carboxylic acids is 2. The molecule has 4 nitrogen and oxygen atoms in total. The van der Waals surface area contributed by atoms with Crippen molar-refractivity contribution in [1.29, 1.82) is 0 Å². The Morgan fingerprint density at radius 3 is 2.79 bits per heavy atom. The highest BCUT2D eigenvalue weighted by molar-refractivity contribution is 9.10. The highest BCUT2D eigenvalue weighted by Gasteiger charge is 2.38. The van der Waals surface area contributed by atoms with Crippen LogP contribution in [0.15, 0.2) is 28.7 Å². The predicted molar refractivity (Wildman–Crippen MR) is 77.7 cm³/mol. The number of amides is 2. The lowest BCUT2D eigenvalue weighted by molar-refractivity contribution is -0.122. The molecule has 2 N–H and O–H groups in total. The molecule has 102 valence electrons. The topological polar surface area (TPSA) is 58.2 Å². The lowest BCUT2D eigenvalue weighted by atomic mass is 10.3. The molecule has 0 saturated heterocycles. The van der Waals surface area contributed by atoms with Crippen molar-refractivity contribution in [1.82, 2.24) is 5.32 Å². The fourth-order valence-corrected chi connectivity index (χ4v) is 2.31. The van der Waals surface area contributed by atoms with Crippen molar-refractivity contribution in [3.63, 3.8) is 0 Å². The van der Waals surface area contributed by atoms with Gasteiger partial charge in [-0.15, -0.1) is 0 Å². The highest BCUT2D eigenvalue weighted by atomic mass is 79.9. The van der Waals surface area contributed by atoms with Crippen molar-refractivity contribution in [2.75, 3.05) is 11.9 Å². The largest absolute Gasteiger partial charge is 0.355 e. The Morgan fingerprint density at radius 2 is 2.16 bits per heavy atom. The first kappa shape index (κ1) is 14.1. The average Bonchev–Trinajstić information content (AvgIpc) is 3.06. The van der Waals surface area contributed by atoms with E-state index >= 15 is 0 Å². The standard InChI is InChI=1S/C14H17BrN2O2/c1-9-7-12(9)14(19)16-6-5-13(18)17-11-4-2-3-10(15)8-11/h2-4,8-9,12H,5-7H2,1H3,(H,16,19)(H,17,18). The van der Waals surface area contributed by atoms with E-state index in [1.54, 1.807) is 0 Å². The Balaban J connectivity index is 1.68. The smallest absolute Gasteiger partial charge is 0.226 e. The molecule has 0 heterocycles. The van der Waals surface area contributed by atoms with Gasteiger partial charge in [0.1, 0.15) is 0 Å². The maximum Gasteiger partial charge on any atom is 0.226 e. The minimum atomic E-state index is -0.0951. The van der Waals surface area contributed by atoms with Gasteiger partial charge in [-0.2, -0.15) is 0 Å². The fourth-order valence-electron chi connectivity index (χ4n) is 1.91. The quantitative estimate of drug-likeness (QED) is 0.874. The monoisotopic (exact) mass is 324 g/mol. The molecular weight excluding hydrogens is 308 g/mol. The van der Waals surface area contributed by atoms with Gasteiger partial charge in [-0.05, 0) is 30.5 Å². The number of benzene rings is 1. The van der Waals surface area contributed by atoms with Gasteiger partial charge in [0.05, 0.1) is 0 Å². The molecule has 0 spiro atoms. The van der Waals surface area contributed by atoms with Crippen LogP contribution in [-0.2, 0) is 9.59 Å². The Bertz CT molecular complexity index is 490. The molecule has 2 rings (SSSR count). The molecule has 1 aliphatic carbocycles. The Kier molecular flexibility index (Phi) is 4.58. The number of hydrogen-bond acceptors (Lipinski definition) is 2. The third-order valence-electron chi connectivity index (χ3n) is 3.21. The van der Waals surface area contributed by atoms with Crippen LogP contribution in [0.4, 0.5) is 5.69 Å². The zero-order chi connectivity index (χ0) is 13.8. The van der Waals surface area contributed by atoms with Crippen molar-refractivity contribution in [3.05, 3.63) is 28.7 Å². The van der Waals surface area contributed by atoms with Gasteiger partial charge in [0.2, 0.25) is 11.8 Å². The van der Waals surface area contributed by atoms with Crippen LogP contribution < -0.4 is 10.6 Å². The van der Waals surface area contributed by atoms with Crippen LogP contribution in [0.25, 0.3) is 0 Å². The zero-order valence-corrected chi connectivity index (χ0v) is 12.4. The summed E-state index contributed by atoms with van der Waals surface area (Å²) in [6, 6.07) is 7.41. The van der Waals surface area contributed by atoms with Crippen LogP contribution in [0.1, 0.15) is 19.8 Å². The van der Waals surface area contributed by atoms with Crippen molar-refractivity contribution < 1.29 is 9.59 Å². The van der Waals surface area contributed by atoms with E-state index in [0.717, 1.165) is 16.6 Å². The van der Waals surface area contributed by atoms with E-state index in [1.165, 1.54) is 0 Å². The maximum atomic E-state index is 11.7. The average molecular weight is 325 g/mol. The summed E-state index contributed by atoms with van der Waals surface area (Å²) in [5.74, 6) is 0.633. The Hall–Kier alpha value is -1.36. The summed E-state index contributed by atoms with van der Waals surface area (Å²) in [7, 11) is 0. The number of anilines is 1. The van der Waals surface area contributed by atoms with Gasteiger partial charge < -0.3 is 10.6 Å². The molecule has 1 aromatic rings. The van der Waals surface area contributed by atoms with Crippen LogP contribution in [0, 0.1) is 11.8 Å². The van der Waals surface area contributed by atoms with Gasteiger partial charge in [0.15, 0.2) is 0 Å². The Morgan fingerprint density at radius 1 is 1.42 bits per heavy atom. The SMILES string of the molecule is CC1CC1C(=O)NCCC(=O)Nc1cccc(Br)c1. The number of carbonyl (C=O) groups is 2. The van der Waals surface area contributed by atoms with Crippen molar-refractivity contribution >= 4 is 33.4 Å². The van der Waals surface area contributed by atoms with E-state index in [9.17, 15) is 9.59 Å². The minimum Gasteiger partial charge on any atom is -0.355 e. The number of halogens is 1. The normalized spacial score (nSPS) is 20.7. The van der Waals surface area contributed by atoms with Crippen molar-refractivity contribution in [2.24, 2.45) is 11.8 Å². The van der Waals surface area contributed by atoms with Crippen molar-refractivity contribution in [3.8, 4) is 0 Å². The second-order valence-electron chi connectivity index (χ2n) is 4.92. The van der Waals surface area contributed by atoms with Gasteiger partial charge >= 0.3 is 0 Å². The van der Waals surface area contributed by atoms with E-state index in [-0.39, 0.29) is 17.7 Å². The summed E-state index contributed by atoms with van der Waals surface area (Å²) in [6.07, 6.45) is 1.26. The summed E-state index contributed by atoms with van der Waals surface area (Å²) in [4.78, 5) is 23.2. The third kappa shape index (κ3) is 4.35. The molecule has 2 amide bonds. The fraction of sp³-hybridized carbons (Fsp3) is 0.429. The summed E-state index contributed by atoms with van der Waals surface area (Å²) in [6.45, 7) is 2.45. The molecule has 1 fully saturated rings. The molecule has 5 heteroatoms. The summed E-state index contributed by atoms with van der Waals surface area (Å²) >= 11 is 3.34. The molecule has 0 bridgehead atoms. The molecule has 0 radical (unpaired) electrons. The van der Waals surface area contributed by atoms with Gasteiger partial charge in [-0.3, -0.25) is 9.59 Å². The summed E-state index contributed by atoms with van der Waals surface area (Å²) < 4.78 is 0.918. The third-order valence-corrected chi connectivity index (χ3v) is 3.70.